The Morgan fingerprint density at radius 2 is 1.41 bits per heavy atom. The van der Waals surface area contributed by atoms with Crippen LogP contribution in [-0.2, 0) is 0 Å². The summed E-state index contributed by atoms with van der Waals surface area (Å²) in [5, 5.41) is 12.3. The van der Waals surface area contributed by atoms with Gasteiger partial charge in [0.15, 0.2) is 11.5 Å². The van der Waals surface area contributed by atoms with Crippen molar-refractivity contribution in [2.45, 2.75) is 25.8 Å². The molecule has 4 heteroatoms. The minimum Gasteiger partial charge on any atom is -0.531 e. The van der Waals surface area contributed by atoms with Gasteiger partial charge in [0.1, 0.15) is 5.75 Å². The fourth-order valence-electron chi connectivity index (χ4n) is 3.80. The van der Waals surface area contributed by atoms with Crippen molar-refractivity contribution >= 4 is 18.7 Å². The van der Waals surface area contributed by atoms with Crippen LogP contribution in [0.15, 0.2) is 72.8 Å². The number of aromatic hydroxyl groups is 1. The van der Waals surface area contributed by atoms with E-state index >= 15 is 0 Å². The van der Waals surface area contributed by atoms with E-state index < -0.39 is 8.32 Å². The van der Waals surface area contributed by atoms with Gasteiger partial charge in [-0.1, -0.05) is 87.4 Å². The van der Waals surface area contributed by atoms with Gasteiger partial charge in [-0.25, -0.2) is 0 Å². The van der Waals surface area contributed by atoms with E-state index in [2.05, 4.69) is 51.0 Å². The van der Waals surface area contributed by atoms with E-state index in [4.69, 9.17) is 15.6 Å². The minimum atomic E-state index is -2.86. The van der Waals surface area contributed by atoms with Crippen LogP contribution in [0.2, 0.25) is 5.04 Å². The Balaban J connectivity index is 2.34. The third-order valence-electron chi connectivity index (χ3n) is 5.08. The first-order chi connectivity index (χ1) is 13.8. The highest BCUT2D eigenvalue weighted by Gasteiger charge is 2.52. The Morgan fingerprint density at radius 3 is 1.83 bits per heavy atom. The van der Waals surface area contributed by atoms with E-state index in [1.54, 1.807) is 13.2 Å². The van der Waals surface area contributed by atoms with Crippen molar-refractivity contribution in [3.05, 3.63) is 78.4 Å². The fraction of sp³-hybridized carbons (Fsp3) is 0.200. The lowest BCUT2D eigenvalue weighted by atomic mass is 10.2. The Morgan fingerprint density at radius 1 is 0.897 bits per heavy atom. The molecule has 0 aliphatic carbocycles. The lowest BCUT2D eigenvalue weighted by molar-refractivity contribution is 0.383. The van der Waals surface area contributed by atoms with E-state index in [-0.39, 0.29) is 10.8 Å². The van der Waals surface area contributed by atoms with Crippen molar-refractivity contribution in [2.75, 3.05) is 7.11 Å². The van der Waals surface area contributed by atoms with Gasteiger partial charge in [0.2, 0.25) is 0 Å². The number of hydrogen-bond donors (Lipinski definition) is 1. The van der Waals surface area contributed by atoms with Crippen molar-refractivity contribution in [2.24, 2.45) is 0 Å². The molecule has 0 spiro atoms. The third-order valence-corrected chi connectivity index (χ3v) is 10.0. The molecule has 3 rings (SSSR count). The maximum absolute atomic E-state index is 10.3. The maximum Gasteiger partial charge on any atom is 0.320 e. The summed E-state index contributed by atoms with van der Waals surface area (Å²) in [6.07, 6.45) is 5.65. The van der Waals surface area contributed by atoms with Crippen LogP contribution in [0, 0.1) is 12.3 Å². The Labute approximate surface area is 174 Å². The molecule has 3 nitrogen and oxygen atoms in total. The highest BCUT2D eigenvalue weighted by molar-refractivity contribution is 7.00. The molecule has 0 atom stereocenters. The van der Waals surface area contributed by atoms with E-state index in [0.29, 0.717) is 17.1 Å². The van der Waals surface area contributed by atoms with Gasteiger partial charge in [0, 0.05) is 6.07 Å². The maximum atomic E-state index is 10.3. The van der Waals surface area contributed by atoms with E-state index in [9.17, 15) is 5.11 Å². The van der Waals surface area contributed by atoms with Crippen LogP contribution < -0.4 is 19.5 Å². The molecule has 1 N–H and O–H groups in total. The van der Waals surface area contributed by atoms with Crippen LogP contribution in [0.4, 0.5) is 0 Å². The predicted molar refractivity (Wildman–Crippen MR) is 121 cm³/mol. The largest absolute Gasteiger partial charge is 0.531 e. The van der Waals surface area contributed by atoms with E-state index in [1.165, 1.54) is 6.07 Å². The highest BCUT2D eigenvalue weighted by atomic mass is 28.4. The van der Waals surface area contributed by atoms with Crippen LogP contribution in [0.5, 0.6) is 17.2 Å². The monoisotopic (exact) mass is 402 g/mol. The molecule has 0 unspecified atom stereocenters. The summed E-state index contributed by atoms with van der Waals surface area (Å²) in [7, 11) is -1.30. The summed E-state index contributed by atoms with van der Waals surface area (Å²) in [4.78, 5) is 0. The summed E-state index contributed by atoms with van der Waals surface area (Å²) < 4.78 is 12.5. The van der Waals surface area contributed by atoms with Crippen LogP contribution in [-0.4, -0.2) is 20.5 Å². The van der Waals surface area contributed by atoms with Crippen LogP contribution >= 0.6 is 0 Å². The van der Waals surface area contributed by atoms with Gasteiger partial charge < -0.3 is 14.3 Å². The number of terminal acetylenes is 1. The Hall–Kier alpha value is -3.16. The van der Waals surface area contributed by atoms with Gasteiger partial charge in [0.05, 0.1) is 12.7 Å². The van der Waals surface area contributed by atoms with Gasteiger partial charge in [-0.3, -0.25) is 0 Å². The second-order valence-corrected chi connectivity index (χ2v) is 12.2. The fourth-order valence-corrected chi connectivity index (χ4v) is 8.21. The predicted octanol–water partition coefficient (Wildman–Crippen LogP) is 4.32. The topological polar surface area (TPSA) is 38.7 Å². The number of phenols is 1. The third kappa shape index (κ3) is 3.74. The summed E-state index contributed by atoms with van der Waals surface area (Å²) in [5.74, 6) is 3.54. The molecule has 0 fully saturated rings. The number of ether oxygens (including phenoxy) is 1. The first kappa shape index (κ1) is 20.6. The zero-order valence-corrected chi connectivity index (χ0v) is 18.3. The Kier molecular flexibility index (Phi) is 5.72. The van der Waals surface area contributed by atoms with Crippen molar-refractivity contribution < 1.29 is 14.3 Å². The number of methoxy groups -OCH3 is 1. The average molecular weight is 403 g/mol. The number of rotatable bonds is 5. The molecule has 3 aromatic carbocycles. The molecule has 0 saturated carbocycles. The molecule has 0 aliphatic heterocycles. The van der Waals surface area contributed by atoms with Crippen molar-refractivity contribution in [3.63, 3.8) is 0 Å². The van der Waals surface area contributed by atoms with Gasteiger partial charge >= 0.3 is 8.32 Å². The van der Waals surface area contributed by atoms with Gasteiger partial charge in [-0.15, -0.1) is 6.42 Å². The summed E-state index contributed by atoms with van der Waals surface area (Å²) in [6.45, 7) is 6.57. The highest BCUT2D eigenvalue weighted by Crippen LogP contribution is 2.42. The molecule has 148 valence electrons. The van der Waals surface area contributed by atoms with Gasteiger partial charge in [-0.05, 0) is 21.5 Å². The molecule has 0 aliphatic rings. The SMILES string of the molecule is C#Cc1cc(O)cc(O[Si](c2ccccc2)(c2ccccc2)C(C)(C)C)c1OC. The van der Waals surface area contributed by atoms with Crippen molar-refractivity contribution in [1.29, 1.82) is 0 Å². The minimum absolute atomic E-state index is 0.0479. The molecule has 0 aromatic heterocycles. The molecule has 0 saturated heterocycles. The van der Waals surface area contributed by atoms with E-state index in [1.807, 2.05) is 36.4 Å². The number of benzene rings is 3. The van der Waals surface area contributed by atoms with Crippen LogP contribution in [0.25, 0.3) is 0 Å². The first-order valence-corrected chi connectivity index (χ1v) is 11.4. The van der Waals surface area contributed by atoms with Crippen molar-refractivity contribution in [1.82, 2.24) is 0 Å². The summed E-state index contributed by atoms with van der Waals surface area (Å²) >= 11 is 0. The van der Waals surface area contributed by atoms with E-state index in [0.717, 1.165) is 10.4 Å². The summed E-state index contributed by atoms with van der Waals surface area (Å²) in [6, 6.07) is 23.7. The molecule has 29 heavy (non-hydrogen) atoms. The standard InChI is InChI=1S/C25H26O3Si/c1-6-19-17-20(26)18-23(24(19)27-5)28-29(25(2,3)4,21-13-9-7-10-14-21)22-15-11-8-12-16-22/h1,7-18,26H,2-5H3. The van der Waals surface area contributed by atoms with Gasteiger partial charge in [0.25, 0.3) is 0 Å². The first-order valence-electron chi connectivity index (χ1n) is 9.51. The molecule has 0 heterocycles. The average Bonchev–Trinajstić information content (AvgIpc) is 2.71. The molecule has 3 aromatic rings. The molecular formula is C25H26O3Si. The second-order valence-electron chi connectivity index (χ2n) is 7.93. The normalized spacial score (nSPS) is 11.6. The smallest absolute Gasteiger partial charge is 0.320 e. The molecular weight excluding hydrogens is 376 g/mol. The zero-order chi connectivity index (χ0) is 21.1. The van der Waals surface area contributed by atoms with Gasteiger partial charge in [-0.2, -0.15) is 0 Å². The Bertz CT molecular complexity index is 976. The lowest BCUT2D eigenvalue weighted by Gasteiger charge is -2.43. The molecule has 0 bridgehead atoms. The number of phenolic OH excluding ortho intramolecular Hbond substituents is 1. The summed E-state index contributed by atoms with van der Waals surface area (Å²) in [5.41, 5.74) is 0.459. The zero-order valence-electron chi connectivity index (χ0n) is 17.3. The van der Waals surface area contributed by atoms with Crippen molar-refractivity contribution in [3.8, 4) is 29.6 Å². The quantitative estimate of drug-likeness (QED) is 0.510. The molecule has 0 radical (unpaired) electrons. The molecule has 0 amide bonds. The lowest BCUT2D eigenvalue weighted by Crippen LogP contribution is -2.68. The number of hydrogen-bond acceptors (Lipinski definition) is 3. The van der Waals surface area contributed by atoms with Crippen LogP contribution in [0.1, 0.15) is 26.3 Å². The second kappa shape index (κ2) is 8.06. The van der Waals surface area contributed by atoms with Crippen LogP contribution in [0.3, 0.4) is 0 Å².